The highest BCUT2D eigenvalue weighted by molar-refractivity contribution is 5.58. The van der Waals surface area contributed by atoms with Gasteiger partial charge in [0.2, 0.25) is 0 Å². The Morgan fingerprint density at radius 2 is 2.00 bits per heavy atom. The van der Waals surface area contributed by atoms with Gasteiger partial charge < -0.3 is 10.2 Å². The van der Waals surface area contributed by atoms with Crippen molar-refractivity contribution in [2.75, 3.05) is 45.2 Å². The highest BCUT2D eigenvalue weighted by Crippen LogP contribution is 2.23. The van der Waals surface area contributed by atoms with Gasteiger partial charge in [0.25, 0.3) is 0 Å². The summed E-state index contributed by atoms with van der Waals surface area (Å²) in [6, 6.07) is 7.13. The van der Waals surface area contributed by atoms with Crippen LogP contribution in [0.5, 0.6) is 0 Å². The van der Waals surface area contributed by atoms with Crippen molar-refractivity contribution in [2.45, 2.75) is 19.9 Å². The van der Waals surface area contributed by atoms with Crippen molar-refractivity contribution in [3.05, 3.63) is 29.3 Å². The molecule has 18 heavy (non-hydrogen) atoms. The molecule has 0 saturated carbocycles. The first kappa shape index (κ1) is 13.4. The van der Waals surface area contributed by atoms with Crippen molar-refractivity contribution in [1.29, 1.82) is 0 Å². The van der Waals surface area contributed by atoms with Gasteiger partial charge in [0.1, 0.15) is 0 Å². The highest BCUT2D eigenvalue weighted by atomic mass is 15.2. The Balaban J connectivity index is 2.09. The highest BCUT2D eigenvalue weighted by Gasteiger charge is 2.21. The number of anilines is 1. The Labute approximate surface area is 111 Å². The van der Waals surface area contributed by atoms with E-state index in [2.05, 4.69) is 61.3 Å². The fraction of sp³-hybridized carbons (Fsp3) is 0.600. The summed E-state index contributed by atoms with van der Waals surface area (Å²) in [5.74, 6) is 0. The first-order valence-electron chi connectivity index (χ1n) is 6.78. The first-order valence-corrected chi connectivity index (χ1v) is 6.78. The van der Waals surface area contributed by atoms with Crippen molar-refractivity contribution in [3.8, 4) is 0 Å². The summed E-state index contributed by atoms with van der Waals surface area (Å²) in [5, 5.41) is 3.48. The largest absolute Gasteiger partial charge is 0.373 e. The normalized spacial score (nSPS) is 21.0. The number of hydrogen-bond acceptors (Lipinski definition) is 3. The van der Waals surface area contributed by atoms with E-state index in [9.17, 15) is 0 Å². The van der Waals surface area contributed by atoms with E-state index in [-0.39, 0.29) is 0 Å². The Morgan fingerprint density at radius 3 is 2.61 bits per heavy atom. The van der Waals surface area contributed by atoms with Crippen LogP contribution in [0.4, 0.5) is 5.69 Å². The minimum atomic E-state index is 0.600. The van der Waals surface area contributed by atoms with Gasteiger partial charge in [0, 0.05) is 45.0 Å². The number of para-hydroxylation sites is 1. The lowest BCUT2D eigenvalue weighted by Crippen LogP contribution is -2.53. The van der Waals surface area contributed by atoms with Crippen LogP contribution in [0.1, 0.15) is 11.1 Å². The number of nitrogens with zero attached hydrogens (tertiary/aromatic N) is 2. The lowest BCUT2D eigenvalue weighted by molar-refractivity contribution is 0.204. The second-order valence-corrected chi connectivity index (χ2v) is 5.46. The summed E-state index contributed by atoms with van der Waals surface area (Å²) in [5.41, 5.74) is 4.12. The summed E-state index contributed by atoms with van der Waals surface area (Å²) in [4.78, 5) is 4.86. The van der Waals surface area contributed by atoms with Gasteiger partial charge in [-0.25, -0.2) is 0 Å². The van der Waals surface area contributed by atoms with Gasteiger partial charge in [-0.3, -0.25) is 4.90 Å². The van der Waals surface area contributed by atoms with Gasteiger partial charge >= 0.3 is 0 Å². The molecule has 1 fully saturated rings. The number of aryl methyl sites for hydroxylation is 2. The zero-order chi connectivity index (χ0) is 13.1. The zero-order valence-corrected chi connectivity index (χ0v) is 12.0. The molecule has 1 heterocycles. The minimum absolute atomic E-state index is 0.600. The van der Waals surface area contributed by atoms with Crippen LogP contribution in [0.3, 0.4) is 0 Å². The third-order valence-corrected chi connectivity index (χ3v) is 3.95. The monoisotopic (exact) mass is 247 g/mol. The van der Waals surface area contributed by atoms with Crippen LogP contribution in [-0.4, -0.2) is 51.2 Å². The molecular formula is C15H25N3. The Kier molecular flexibility index (Phi) is 4.25. The van der Waals surface area contributed by atoms with E-state index < -0.39 is 0 Å². The van der Waals surface area contributed by atoms with Gasteiger partial charge in [-0.1, -0.05) is 18.2 Å². The maximum atomic E-state index is 3.48. The average Bonchev–Trinajstić information content (AvgIpc) is 2.32. The molecule has 0 spiro atoms. The van der Waals surface area contributed by atoms with Crippen LogP contribution >= 0.6 is 0 Å². The first-order chi connectivity index (χ1) is 8.59. The fourth-order valence-corrected chi connectivity index (χ4v) is 2.88. The van der Waals surface area contributed by atoms with Crippen molar-refractivity contribution in [2.24, 2.45) is 0 Å². The molecule has 0 bridgehead atoms. The van der Waals surface area contributed by atoms with E-state index in [1.165, 1.54) is 16.8 Å². The van der Waals surface area contributed by atoms with Crippen LogP contribution in [-0.2, 0) is 0 Å². The molecule has 0 amide bonds. The molecule has 0 aliphatic carbocycles. The molecule has 1 aliphatic heterocycles. The lowest BCUT2D eigenvalue weighted by Gasteiger charge is -2.37. The second-order valence-electron chi connectivity index (χ2n) is 5.46. The van der Waals surface area contributed by atoms with E-state index in [1.54, 1.807) is 0 Å². The van der Waals surface area contributed by atoms with Crippen LogP contribution in [0.15, 0.2) is 18.2 Å². The number of likely N-dealkylation sites (N-methyl/N-ethyl adjacent to an activating group) is 2. The van der Waals surface area contributed by atoms with Crippen molar-refractivity contribution in [3.63, 3.8) is 0 Å². The van der Waals surface area contributed by atoms with Gasteiger partial charge in [0.15, 0.2) is 0 Å². The van der Waals surface area contributed by atoms with E-state index in [0.29, 0.717) is 6.04 Å². The van der Waals surface area contributed by atoms with Crippen molar-refractivity contribution >= 4 is 5.69 Å². The number of nitrogens with one attached hydrogen (secondary N) is 1. The summed E-state index contributed by atoms with van der Waals surface area (Å²) in [7, 11) is 4.43. The van der Waals surface area contributed by atoms with Gasteiger partial charge in [-0.2, -0.15) is 0 Å². The summed E-state index contributed by atoms with van der Waals surface area (Å²) in [6.07, 6.45) is 0. The standard InChI is InChI=1S/C15H25N3/c1-12-6-5-7-13(2)15(12)18(4)11-14-10-16-8-9-17(14)3/h5-7,14,16H,8-11H2,1-4H3. The number of benzene rings is 1. The van der Waals surface area contributed by atoms with Crippen LogP contribution < -0.4 is 10.2 Å². The van der Waals surface area contributed by atoms with Crippen LogP contribution in [0.2, 0.25) is 0 Å². The molecule has 0 radical (unpaired) electrons. The van der Waals surface area contributed by atoms with Crippen LogP contribution in [0.25, 0.3) is 0 Å². The van der Waals surface area contributed by atoms with E-state index >= 15 is 0 Å². The third-order valence-electron chi connectivity index (χ3n) is 3.95. The fourth-order valence-electron chi connectivity index (χ4n) is 2.88. The quantitative estimate of drug-likeness (QED) is 0.876. The number of rotatable bonds is 3. The topological polar surface area (TPSA) is 18.5 Å². The molecule has 1 aliphatic rings. The van der Waals surface area contributed by atoms with Gasteiger partial charge in [-0.05, 0) is 32.0 Å². The maximum absolute atomic E-state index is 3.48. The minimum Gasteiger partial charge on any atom is -0.373 e. The van der Waals surface area contributed by atoms with E-state index in [0.717, 1.165) is 26.2 Å². The molecule has 1 atom stereocenters. The molecule has 1 aromatic carbocycles. The van der Waals surface area contributed by atoms with Crippen molar-refractivity contribution in [1.82, 2.24) is 10.2 Å². The third kappa shape index (κ3) is 2.85. The van der Waals surface area contributed by atoms with Gasteiger partial charge in [0.05, 0.1) is 0 Å². The number of hydrogen-bond donors (Lipinski definition) is 1. The number of piperazine rings is 1. The molecular weight excluding hydrogens is 222 g/mol. The molecule has 1 aromatic rings. The van der Waals surface area contributed by atoms with Gasteiger partial charge in [-0.15, -0.1) is 0 Å². The molecule has 2 rings (SSSR count). The zero-order valence-electron chi connectivity index (χ0n) is 12.0. The molecule has 3 nitrogen and oxygen atoms in total. The lowest BCUT2D eigenvalue weighted by atomic mass is 10.1. The van der Waals surface area contributed by atoms with E-state index in [4.69, 9.17) is 0 Å². The Bertz CT molecular complexity index is 382. The SMILES string of the molecule is Cc1cccc(C)c1N(C)CC1CNCCN1C. The average molecular weight is 247 g/mol. The molecule has 3 heteroatoms. The molecule has 1 saturated heterocycles. The summed E-state index contributed by atoms with van der Waals surface area (Å²) in [6.45, 7) is 8.82. The Hall–Kier alpha value is -1.06. The Morgan fingerprint density at radius 1 is 1.33 bits per heavy atom. The molecule has 1 N–H and O–H groups in total. The maximum Gasteiger partial charge on any atom is 0.0423 e. The molecule has 100 valence electrons. The predicted octanol–water partition coefficient (Wildman–Crippen LogP) is 1.64. The second kappa shape index (κ2) is 5.72. The van der Waals surface area contributed by atoms with Crippen LogP contribution in [0, 0.1) is 13.8 Å². The summed E-state index contributed by atoms with van der Waals surface area (Å²) < 4.78 is 0. The predicted molar refractivity (Wildman–Crippen MR) is 78.5 cm³/mol. The van der Waals surface area contributed by atoms with E-state index in [1.807, 2.05) is 0 Å². The smallest absolute Gasteiger partial charge is 0.0423 e. The molecule has 1 unspecified atom stereocenters. The molecule has 0 aromatic heterocycles. The summed E-state index contributed by atoms with van der Waals surface area (Å²) >= 11 is 0. The van der Waals surface area contributed by atoms with Crippen molar-refractivity contribution < 1.29 is 0 Å².